The average molecular weight is 645 g/mol. The molecule has 10 nitrogen and oxygen atoms in total. The first kappa shape index (κ1) is 33.5. The molecule has 10 heteroatoms. The van der Waals surface area contributed by atoms with E-state index in [0.717, 1.165) is 37.3 Å². The summed E-state index contributed by atoms with van der Waals surface area (Å²) in [6.45, 7) is 3.92. The Morgan fingerprint density at radius 2 is 0.833 bits per heavy atom. The lowest BCUT2D eigenvalue weighted by Gasteiger charge is -2.11. The van der Waals surface area contributed by atoms with E-state index >= 15 is 0 Å². The van der Waals surface area contributed by atoms with Crippen molar-refractivity contribution in [2.75, 3.05) is 0 Å². The number of hydrogen-bond donors (Lipinski definition) is 6. The van der Waals surface area contributed by atoms with Crippen molar-refractivity contribution in [3.63, 3.8) is 0 Å². The van der Waals surface area contributed by atoms with E-state index in [0.29, 0.717) is 35.8 Å². The van der Waals surface area contributed by atoms with Crippen LogP contribution in [0.3, 0.4) is 0 Å². The normalized spacial score (nSPS) is 11.8. The Hall–Kier alpha value is -5.84. The van der Waals surface area contributed by atoms with E-state index < -0.39 is 0 Å². The average Bonchev–Trinajstić information content (AvgIpc) is 3.14. The number of nitrogens with one attached hydrogen (secondary N) is 2. The van der Waals surface area contributed by atoms with Gasteiger partial charge >= 0.3 is 0 Å². The molecule has 5 aromatic carbocycles. The van der Waals surface area contributed by atoms with Gasteiger partial charge in [0.1, 0.15) is 24.7 Å². The van der Waals surface area contributed by atoms with Gasteiger partial charge in [0.05, 0.1) is 0 Å². The molecule has 0 aliphatic rings. The Kier molecular flexibility index (Phi) is 12.0. The summed E-state index contributed by atoms with van der Waals surface area (Å²) in [6, 6.07) is 39.5. The summed E-state index contributed by atoms with van der Waals surface area (Å²) in [4.78, 5) is 0. The highest BCUT2D eigenvalue weighted by Gasteiger charge is 2.04. The smallest absolute Gasteiger partial charge is 0.170 e. The molecule has 0 amide bonds. The van der Waals surface area contributed by atoms with Gasteiger partial charge in [-0.15, -0.1) is 0 Å². The van der Waals surface area contributed by atoms with Crippen LogP contribution in [-0.4, -0.2) is 22.1 Å². The van der Waals surface area contributed by atoms with E-state index in [2.05, 4.69) is 69.5 Å². The van der Waals surface area contributed by atoms with Crippen LogP contribution in [0, 0.1) is 0 Å². The van der Waals surface area contributed by atoms with E-state index in [-0.39, 0.29) is 11.7 Å². The minimum atomic E-state index is 0.0655. The van der Waals surface area contributed by atoms with Gasteiger partial charge in [0.15, 0.2) is 11.7 Å². The fraction of sp³-hybridized carbons (Fsp3) is 0.158. The Labute approximate surface area is 280 Å². The zero-order valence-corrected chi connectivity index (χ0v) is 26.5. The molecule has 5 aromatic rings. The number of ether oxygens (including phenoxy) is 2. The zero-order chi connectivity index (χ0) is 33.6. The molecule has 0 aromatic heterocycles. The van der Waals surface area contributed by atoms with Gasteiger partial charge in [0.2, 0.25) is 0 Å². The van der Waals surface area contributed by atoms with Crippen molar-refractivity contribution in [3.05, 3.63) is 166 Å². The number of nitrogens with two attached hydrogens (primary N) is 2. The topological polar surface area (TPSA) is 160 Å². The first-order valence-corrected chi connectivity index (χ1v) is 15.6. The maximum atomic E-state index is 8.81. The van der Waals surface area contributed by atoms with Crippen molar-refractivity contribution in [2.24, 2.45) is 21.8 Å². The molecule has 0 saturated heterocycles. The highest BCUT2D eigenvalue weighted by molar-refractivity contribution is 5.97. The van der Waals surface area contributed by atoms with Gasteiger partial charge in [0, 0.05) is 37.3 Å². The number of nitrogens with zero attached hydrogens (tertiary/aromatic N) is 2. The maximum Gasteiger partial charge on any atom is 0.170 e. The number of benzene rings is 5. The molecule has 0 radical (unpaired) electrons. The lowest BCUT2D eigenvalue weighted by Crippen LogP contribution is -2.14. The first-order valence-electron chi connectivity index (χ1n) is 15.6. The molecule has 0 fully saturated rings. The maximum absolute atomic E-state index is 8.81. The fourth-order valence-electron chi connectivity index (χ4n) is 5.03. The van der Waals surface area contributed by atoms with Crippen molar-refractivity contribution >= 4 is 11.7 Å². The third-order valence-electron chi connectivity index (χ3n) is 7.65. The minimum Gasteiger partial charge on any atom is -0.489 e. The second kappa shape index (κ2) is 17.2. The molecular weight excluding hydrogens is 604 g/mol. The van der Waals surface area contributed by atoms with Gasteiger partial charge in [-0.2, -0.15) is 0 Å². The summed E-state index contributed by atoms with van der Waals surface area (Å²) in [5.41, 5.74) is 19.5. The molecule has 48 heavy (non-hydrogen) atoms. The van der Waals surface area contributed by atoms with E-state index in [1.165, 1.54) is 22.3 Å². The van der Waals surface area contributed by atoms with Crippen LogP contribution in [0.15, 0.2) is 132 Å². The summed E-state index contributed by atoms with van der Waals surface area (Å²) >= 11 is 0. The number of rotatable bonds is 16. The molecule has 5 rings (SSSR count). The van der Waals surface area contributed by atoms with Gasteiger partial charge in [-0.3, -0.25) is 0 Å². The van der Waals surface area contributed by atoms with Crippen molar-refractivity contribution < 1.29 is 19.9 Å². The molecule has 0 bridgehead atoms. The van der Waals surface area contributed by atoms with E-state index in [1.54, 1.807) is 48.5 Å². The summed E-state index contributed by atoms with van der Waals surface area (Å²) in [5, 5.41) is 30.7. The Morgan fingerprint density at radius 1 is 0.479 bits per heavy atom. The second-order valence-corrected chi connectivity index (χ2v) is 11.3. The summed E-state index contributed by atoms with van der Waals surface area (Å²) in [6.07, 6.45) is 0. The van der Waals surface area contributed by atoms with Crippen LogP contribution < -0.4 is 31.6 Å². The SMILES string of the molecule is N/C(=N\O)c1ccc(OCc2cccc(CNCc3ccc(CNCc4cccc(COc5ccc(/C(N)=N\O)cc5)c4)cc3)c2)cc1. The van der Waals surface area contributed by atoms with Crippen molar-refractivity contribution in [1.29, 1.82) is 0 Å². The Morgan fingerprint density at radius 3 is 1.21 bits per heavy atom. The standard InChI is InChI=1S/C38H40N6O4/c39-37(43-45)33-11-15-35(16-12-33)47-25-31-5-1-3-29(19-31)23-41-21-27-7-9-28(10-8-27)22-42-24-30-4-2-6-32(20-30)26-48-36-17-13-34(14-18-36)38(40)44-46/h1-20,41-42,45-46H,21-26H2,(H2,39,43)(H2,40,44). The molecule has 0 saturated carbocycles. The number of amidine groups is 2. The minimum absolute atomic E-state index is 0.0655. The van der Waals surface area contributed by atoms with E-state index in [1.807, 2.05) is 24.3 Å². The molecular formula is C38H40N6O4. The molecule has 246 valence electrons. The Balaban J connectivity index is 1.01. The first-order chi connectivity index (χ1) is 23.5. The zero-order valence-electron chi connectivity index (χ0n) is 26.5. The number of hydrogen-bond acceptors (Lipinski definition) is 8. The van der Waals surface area contributed by atoms with Crippen molar-refractivity contribution in [3.8, 4) is 11.5 Å². The second-order valence-electron chi connectivity index (χ2n) is 11.3. The molecule has 0 heterocycles. The lowest BCUT2D eigenvalue weighted by molar-refractivity contribution is 0.306. The quantitative estimate of drug-likeness (QED) is 0.0350. The predicted octanol–water partition coefficient (Wildman–Crippen LogP) is 5.61. The largest absolute Gasteiger partial charge is 0.489 e. The molecule has 0 aliphatic heterocycles. The molecule has 8 N–H and O–H groups in total. The van der Waals surface area contributed by atoms with Crippen LogP contribution in [0.4, 0.5) is 0 Å². The van der Waals surface area contributed by atoms with Crippen molar-refractivity contribution in [2.45, 2.75) is 39.4 Å². The molecule has 0 unspecified atom stereocenters. The van der Waals surface area contributed by atoms with Gasteiger partial charge in [-0.25, -0.2) is 0 Å². The highest BCUT2D eigenvalue weighted by Crippen LogP contribution is 2.17. The summed E-state index contributed by atoms with van der Waals surface area (Å²) in [5.74, 6) is 1.56. The van der Waals surface area contributed by atoms with Gasteiger partial charge in [-0.1, -0.05) is 83.1 Å². The van der Waals surface area contributed by atoms with Crippen LogP contribution in [0.2, 0.25) is 0 Å². The van der Waals surface area contributed by atoms with Gasteiger partial charge < -0.3 is 42.0 Å². The monoisotopic (exact) mass is 644 g/mol. The van der Waals surface area contributed by atoms with E-state index in [9.17, 15) is 0 Å². The van der Waals surface area contributed by atoms with Crippen LogP contribution >= 0.6 is 0 Å². The van der Waals surface area contributed by atoms with Crippen LogP contribution in [0.5, 0.6) is 11.5 Å². The third kappa shape index (κ3) is 10.1. The third-order valence-corrected chi connectivity index (χ3v) is 7.65. The molecule has 0 atom stereocenters. The number of oxime groups is 2. The lowest BCUT2D eigenvalue weighted by atomic mass is 10.1. The van der Waals surface area contributed by atoms with E-state index in [4.69, 9.17) is 31.4 Å². The Bertz CT molecular complexity index is 1670. The molecule has 0 spiro atoms. The van der Waals surface area contributed by atoms with Crippen molar-refractivity contribution in [1.82, 2.24) is 10.6 Å². The summed E-state index contributed by atoms with van der Waals surface area (Å²) in [7, 11) is 0. The van der Waals surface area contributed by atoms with Crippen LogP contribution in [0.1, 0.15) is 44.5 Å². The fourth-order valence-corrected chi connectivity index (χ4v) is 5.03. The predicted molar refractivity (Wildman–Crippen MR) is 187 cm³/mol. The highest BCUT2D eigenvalue weighted by atomic mass is 16.5. The molecule has 0 aliphatic carbocycles. The van der Waals surface area contributed by atoms with Crippen LogP contribution in [-0.2, 0) is 39.4 Å². The van der Waals surface area contributed by atoms with Gasteiger partial charge in [0.25, 0.3) is 0 Å². The summed E-state index contributed by atoms with van der Waals surface area (Å²) < 4.78 is 11.8. The van der Waals surface area contributed by atoms with Gasteiger partial charge in [-0.05, 0) is 81.9 Å². The van der Waals surface area contributed by atoms with Crippen LogP contribution in [0.25, 0.3) is 0 Å².